The molecule has 9 nitrogen and oxygen atoms in total. The number of nitrogens with zero attached hydrogens (tertiary/aromatic N) is 7. The zero-order chi connectivity index (χ0) is 22.1. The summed E-state index contributed by atoms with van der Waals surface area (Å²) in [6.07, 6.45) is 2.25. The van der Waals surface area contributed by atoms with Crippen molar-refractivity contribution >= 4 is 17.9 Å². The molecule has 0 atom stereocenters. The molecule has 0 radical (unpaired) electrons. The summed E-state index contributed by atoms with van der Waals surface area (Å²) >= 11 is 0. The third-order valence-corrected chi connectivity index (χ3v) is 5.15. The topological polar surface area (TPSA) is 114 Å². The van der Waals surface area contributed by atoms with Gasteiger partial charge in [-0.1, -0.05) is 12.1 Å². The number of nitriles is 1. The van der Waals surface area contributed by atoms with Crippen LogP contribution in [0.4, 0.5) is 11.6 Å². The number of carbonyl (C=O) groups is 1. The number of hydrogen-bond acceptors (Lipinski definition) is 7. The van der Waals surface area contributed by atoms with Crippen LogP contribution in [0.5, 0.6) is 0 Å². The van der Waals surface area contributed by atoms with Crippen LogP contribution in [-0.2, 0) is 7.05 Å². The van der Waals surface area contributed by atoms with Gasteiger partial charge in [-0.05, 0) is 32.9 Å². The van der Waals surface area contributed by atoms with Crippen molar-refractivity contribution in [1.29, 1.82) is 5.26 Å². The van der Waals surface area contributed by atoms with Crippen LogP contribution < -0.4 is 5.32 Å². The van der Waals surface area contributed by atoms with E-state index in [-0.39, 0.29) is 0 Å². The van der Waals surface area contributed by atoms with E-state index in [1.165, 1.54) is 6.33 Å². The Labute approximate surface area is 179 Å². The second-order valence-electron chi connectivity index (χ2n) is 7.14. The van der Waals surface area contributed by atoms with Gasteiger partial charge in [-0.2, -0.15) is 15.5 Å². The van der Waals surface area contributed by atoms with E-state index < -0.39 is 0 Å². The highest BCUT2D eigenvalue weighted by Crippen LogP contribution is 2.29. The van der Waals surface area contributed by atoms with Gasteiger partial charge in [-0.25, -0.2) is 14.6 Å². The van der Waals surface area contributed by atoms with Gasteiger partial charge in [0, 0.05) is 24.2 Å². The number of benzene rings is 1. The molecule has 4 rings (SSSR count). The van der Waals surface area contributed by atoms with Crippen molar-refractivity contribution in [2.24, 2.45) is 7.05 Å². The molecule has 0 bridgehead atoms. The molecule has 0 saturated carbocycles. The first kappa shape index (κ1) is 20.0. The molecule has 0 amide bonds. The molecule has 1 N–H and O–H groups in total. The van der Waals surface area contributed by atoms with Crippen molar-refractivity contribution in [3.05, 3.63) is 64.7 Å². The fraction of sp³-hybridized carbons (Fsp3) is 0.182. The van der Waals surface area contributed by atoms with Crippen LogP contribution in [0.15, 0.2) is 36.7 Å². The molecular weight excluding hydrogens is 392 g/mol. The summed E-state index contributed by atoms with van der Waals surface area (Å²) in [7, 11) is 1.85. The van der Waals surface area contributed by atoms with Crippen LogP contribution in [-0.4, -0.2) is 35.8 Å². The SMILES string of the molecule is Cc1nn(-c2cc(Nc3c(C)c(-c4ccc(C#N)cc4)nn3C)ncn2)c(C)c1C=O. The lowest BCUT2D eigenvalue weighted by atomic mass is 10.1. The molecule has 0 saturated heterocycles. The molecule has 9 heteroatoms. The Morgan fingerprint density at radius 2 is 1.84 bits per heavy atom. The highest BCUT2D eigenvalue weighted by Gasteiger charge is 2.17. The molecule has 1 aromatic carbocycles. The molecule has 3 heterocycles. The highest BCUT2D eigenvalue weighted by atomic mass is 16.1. The van der Waals surface area contributed by atoms with Gasteiger partial charge >= 0.3 is 0 Å². The van der Waals surface area contributed by atoms with Gasteiger partial charge in [-0.15, -0.1) is 0 Å². The fourth-order valence-corrected chi connectivity index (χ4v) is 3.48. The third-order valence-electron chi connectivity index (χ3n) is 5.15. The van der Waals surface area contributed by atoms with Crippen LogP contribution in [0, 0.1) is 32.1 Å². The van der Waals surface area contributed by atoms with Gasteiger partial charge in [0.25, 0.3) is 0 Å². The standard InChI is InChI=1S/C22H20N8O/c1-13-21(17-7-5-16(10-23)6-8-17)28-29(4)22(13)26-19-9-20(25-12-24-19)30-15(3)18(11-31)14(2)27-30/h5-9,11-12H,1-4H3,(H,24,25,26). The predicted octanol–water partition coefficient (Wildman–Crippen LogP) is 3.42. The highest BCUT2D eigenvalue weighted by molar-refractivity contribution is 5.78. The molecule has 0 fully saturated rings. The zero-order valence-corrected chi connectivity index (χ0v) is 17.6. The molecule has 0 spiro atoms. The number of hydrogen-bond donors (Lipinski definition) is 1. The van der Waals surface area contributed by atoms with Crippen LogP contribution in [0.3, 0.4) is 0 Å². The van der Waals surface area contributed by atoms with Gasteiger partial charge < -0.3 is 5.32 Å². The fourth-order valence-electron chi connectivity index (χ4n) is 3.48. The van der Waals surface area contributed by atoms with Crippen LogP contribution in [0.1, 0.15) is 32.9 Å². The predicted molar refractivity (Wildman–Crippen MR) is 115 cm³/mol. The molecule has 4 aromatic rings. The minimum Gasteiger partial charge on any atom is -0.325 e. The molecule has 0 unspecified atom stereocenters. The summed E-state index contributed by atoms with van der Waals surface area (Å²) in [5.41, 5.74) is 5.22. The normalized spacial score (nSPS) is 10.7. The summed E-state index contributed by atoms with van der Waals surface area (Å²) in [6.45, 7) is 5.59. The average Bonchev–Trinajstić information content (AvgIpc) is 3.23. The number of aldehydes is 1. The molecule has 154 valence electrons. The van der Waals surface area contributed by atoms with Gasteiger partial charge in [-0.3, -0.25) is 9.48 Å². The van der Waals surface area contributed by atoms with E-state index in [1.807, 2.05) is 33.0 Å². The molecular formula is C22H20N8O. The Hall–Kier alpha value is -4.32. The molecule has 0 aliphatic heterocycles. The number of aromatic nitrogens is 6. The average molecular weight is 412 g/mol. The number of nitrogens with one attached hydrogen (secondary N) is 1. The Balaban J connectivity index is 1.68. The van der Waals surface area contributed by atoms with Crippen molar-refractivity contribution in [2.45, 2.75) is 20.8 Å². The largest absolute Gasteiger partial charge is 0.325 e. The van der Waals surface area contributed by atoms with Crippen LogP contribution in [0.25, 0.3) is 17.1 Å². The summed E-state index contributed by atoms with van der Waals surface area (Å²) < 4.78 is 3.38. The maximum atomic E-state index is 11.3. The lowest BCUT2D eigenvalue weighted by Gasteiger charge is -2.09. The molecule has 3 aromatic heterocycles. The van der Waals surface area contributed by atoms with Gasteiger partial charge in [0.05, 0.1) is 34.3 Å². The third kappa shape index (κ3) is 3.55. The molecule has 0 aliphatic carbocycles. The van der Waals surface area contributed by atoms with Crippen molar-refractivity contribution in [3.63, 3.8) is 0 Å². The first-order chi connectivity index (χ1) is 14.9. The van der Waals surface area contributed by atoms with Crippen LogP contribution >= 0.6 is 0 Å². The van der Waals surface area contributed by atoms with E-state index >= 15 is 0 Å². The van der Waals surface area contributed by atoms with Gasteiger partial charge in [0.2, 0.25) is 0 Å². The van der Waals surface area contributed by atoms with Crippen molar-refractivity contribution in [1.82, 2.24) is 29.5 Å². The first-order valence-electron chi connectivity index (χ1n) is 9.58. The minimum atomic E-state index is 0.554. The minimum absolute atomic E-state index is 0.554. The Bertz CT molecular complexity index is 1330. The number of rotatable bonds is 5. The summed E-state index contributed by atoms with van der Waals surface area (Å²) in [5, 5.41) is 21.4. The van der Waals surface area contributed by atoms with E-state index in [0.29, 0.717) is 28.5 Å². The van der Waals surface area contributed by atoms with Gasteiger partial charge in [0.15, 0.2) is 12.1 Å². The van der Waals surface area contributed by atoms with E-state index in [0.717, 1.165) is 34.6 Å². The van der Waals surface area contributed by atoms with Gasteiger partial charge in [0.1, 0.15) is 18.0 Å². The second-order valence-corrected chi connectivity index (χ2v) is 7.14. The molecule has 31 heavy (non-hydrogen) atoms. The smallest absolute Gasteiger partial charge is 0.159 e. The second kappa shape index (κ2) is 7.84. The van der Waals surface area contributed by atoms with Crippen molar-refractivity contribution in [3.8, 4) is 23.1 Å². The summed E-state index contributed by atoms with van der Waals surface area (Å²) in [4.78, 5) is 19.9. The number of aryl methyl sites for hydroxylation is 2. The monoisotopic (exact) mass is 412 g/mol. The number of carbonyl (C=O) groups excluding carboxylic acids is 1. The van der Waals surface area contributed by atoms with Crippen LogP contribution in [0.2, 0.25) is 0 Å². The van der Waals surface area contributed by atoms with E-state index in [1.54, 1.807) is 34.5 Å². The van der Waals surface area contributed by atoms with E-state index in [2.05, 4.69) is 31.6 Å². The Morgan fingerprint density at radius 1 is 1.10 bits per heavy atom. The summed E-state index contributed by atoms with van der Waals surface area (Å²) in [5.74, 6) is 1.91. The van der Waals surface area contributed by atoms with E-state index in [9.17, 15) is 4.79 Å². The number of anilines is 2. The lowest BCUT2D eigenvalue weighted by molar-refractivity contribution is 0.112. The van der Waals surface area contributed by atoms with Crippen molar-refractivity contribution in [2.75, 3.05) is 5.32 Å². The van der Waals surface area contributed by atoms with Crippen molar-refractivity contribution < 1.29 is 4.79 Å². The maximum Gasteiger partial charge on any atom is 0.159 e. The first-order valence-corrected chi connectivity index (χ1v) is 9.58. The quantitative estimate of drug-likeness (QED) is 0.500. The van der Waals surface area contributed by atoms with E-state index in [4.69, 9.17) is 5.26 Å². The Morgan fingerprint density at radius 3 is 2.48 bits per heavy atom. The zero-order valence-electron chi connectivity index (χ0n) is 17.6. The molecule has 0 aliphatic rings. The Kier molecular flexibility index (Phi) is 5.05. The summed E-state index contributed by atoms with van der Waals surface area (Å²) in [6, 6.07) is 11.2. The lowest BCUT2D eigenvalue weighted by Crippen LogP contribution is -2.06. The maximum absolute atomic E-state index is 11.3.